The van der Waals surface area contributed by atoms with Crippen molar-refractivity contribution in [3.05, 3.63) is 48.6 Å². The van der Waals surface area contributed by atoms with Gasteiger partial charge in [0, 0.05) is 0 Å². The average molecular weight is 218 g/mol. The van der Waals surface area contributed by atoms with Crippen molar-refractivity contribution < 1.29 is 9.53 Å². The Hall–Kier alpha value is -1.41. The lowest BCUT2D eigenvalue weighted by atomic mass is 9.89. The van der Waals surface area contributed by atoms with Gasteiger partial charge in [-0.1, -0.05) is 50.8 Å². The van der Waals surface area contributed by atoms with E-state index in [2.05, 4.69) is 6.58 Å². The lowest BCUT2D eigenvalue weighted by Gasteiger charge is -2.20. The number of rotatable bonds is 6. The molecule has 1 rings (SSSR count). The standard InChI is InChI=1S/C14H18O2/c1-4-13(15)14(2,3)11-16-10-12-8-6-5-7-9-12/h4-9H,1,10-11H2,2-3H3. The Balaban J connectivity index is 2.41. The molecule has 0 aliphatic rings. The van der Waals surface area contributed by atoms with Gasteiger partial charge >= 0.3 is 0 Å². The van der Waals surface area contributed by atoms with E-state index >= 15 is 0 Å². The van der Waals surface area contributed by atoms with Crippen LogP contribution in [0.2, 0.25) is 0 Å². The van der Waals surface area contributed by atoms with Crippen LogP contribution in [-0.4, -0.2) is 12.4 Å². The summed E-state index contributed by atoms with van der Waals surface area (Å²) in [6, 6.07) is 9.91. The summed E-state index contributed by atoms with van der Waals surface area (Å²) in [4.78, 5) is 11.5. The fraction of sp³-hybridized carbons (Fsp3) is 0.357. The van der Waals surface area contributed by atoms with Gasteiger partial charge in [0.2, 0.25) is 0 Å². The first kappa shape index (κ1) is 12.7. The zero-order valence-corrected chi connectivity index (χ0v) is 9.90. The lowest BCUT2D eigenvalue weighted by molar-refractivity contribution is -0.125. The summed E-state index contributed by atoms with van der Waals surface area (Å²) in [7, 11) is 0. The van der Waals surface area contributed by atoms with E-state index in [4.69, 9.17) is 4.74 Å². The maximum absolute atomic E-state index is 11.5. The predicted molar refractivity (Wildman–Crippen MR) is 65.1 cm³/mol. The second-order valence-electron chi connectivity index (χ2n) is 4.43. The first-order chi connectivity index (χ1) is 7.56. The highest BCUT2D eigenvalue weighted by Crippen LogP contribution is 2.18. The number of carbonyl (C=O) groups excluding carboxylic acids is 1. The van der Waals surface area contributed by atoms with Gasteiger partial charge in [-0.3, -0.25) is 4.79 Å². The monoisotopic (exact) mass is 218 g/mol. The highest BCUT2D eigenvalue weighted by molar-refractivity contribution is 5.93. The van der Waals surface area contributed by atoms with E-state index in [9.17, 15) is 4.79 Å². The van der Waals surface area contributed by atoms with Gasteiger partial charge in [0.1, 0.15) is 0 Å². The van der Waals surface area contributed by atoms with Gasteiger partial charge in [-0.2, -0.15) is 0 Å². The molecule has 0 atom stereocenters. The van der Waals surface area contributed by atoms with Crippen LogP contribution in [0.1, 0.15) is 19.4 Å². The number of benzene rings is 1. The summed E-state index contributed by atoms with van der Waals surface area (Å²) >= 11 is 0. The van der Waals surface area contributed by atoms with E-state index < -0.39 is 5.41 Å². The van der Waals surface area contributed by atoms with Crippen molar-refractivity contribution in [2.24, 2.45) is 5.41 Å². The van der Waals surface area contributed by atoms with Crippen LogP contribution in [0.15, 0.2) is 43.0 Å². The third-order valence-corrected chi connectivity index (χ3v) is 2.43. The van der Waals surface area contributed by atoms with Crippen LogP contribution in [0.3, 0.4) is 0 Å². The van der Waals surface area contributed by atoms with E-state index in [1.165, 1.54) is 6.08 Å². The van der Waals surface area contributed by atoms with Gasteiger partial charge in [-0.15, -0.1) is 0 Å². The van der Waals surface area contributed by atoms with Gasteiger partial charge in [-0.25, -0.2) is 0 Å². The molecular formula is C14H18O2. The summed E-state index contributed by atoms with van der Waals surface area (Å²) in [6.45, 7) is 8.16. The number of ether oxygens (including phenoxy) is 1. The van der Waals surface area contributed by atoms with Crippen LogP contribution >= 0.6 is 0 Å². The Kier molecular flexibility index (Phi) is 4.44. The Bertz CT molecular complexity index is 352. The zero-order valence-electron chi connectivity index (χ0n) is 9.90. The molecule has 0 aliphatic heterocycles. The number of allylic oxidation sites excluding steroid dienone is 1. The quantitative estimate of drug-likeness (QED) is 0.686. The maximum Gasteiger partial charge on any atom is 0.162 e. The van der Waals surface area contributed by atoms with Crippen LogP contribution in [0.5, 0.6) is 0 Å². The number of hydrogen-bond acceptors (Lipinski definition) is 2. The molecule has 0 fully saturated rings. The molecule has 0 heterocycles. The van der Waals surface area contributed by atoms with Crippen molar-refractivity contribution >= 4 is 5.78 Å². The number of ketones is 1. The third-order valence-electron chi connectivity index (χ3n) is 2.43. The highest BCUT2D eigenvalue weighted by atomic mass is 16.5. The van der Waals surface area contributed by atoms with Crippen molar-refractivity contribution in [3.63, 3.8) is 0 Å². The van der Waals surface area contributed by atoms with E-state index in [1.807, 2.05) is 44.2 Å². The first-order valence-electron chi connectivity index (χ1n) is 5.35. The molecular weight excluding hydrogens is 200 g/mol. The molecule has 0 bridgehead atoms. The van der Waals surface area contributed by atoms with Gasteiger partial charge in [0.05, 0.1) is 18.6 Å². The van der Waals surface area contributed by atoms with Crippen LogP contribution < -0.4 is 0 Å². The largest absolute Gasteiger partial charge is 0.376 e. The van der Waals surface area contributed by atoms with E-state index in [1.54, 1.807) is 0 Å². The van der Waals surface area contributed by atoms with Crippen molar-refractivity contribution in [3.8, 4) is 0 Å². The molecule has 0 aliphatic carbocycles. The van der Waals surface area contributed by atoms with Crippen LogP contribution in [-0.2, 0) is 16.1 Å². The Morgan fingerprint density at radius 3 is 2.56 bits per heavy atom. The molecule has 0 saturated heterocycles. The SMILES string of the molecule is C=CC(=O)C(C)(C)COCc1ccccc1. The Morgan fingerprint density at radius 1 is 1.38 bits per heavy atom. The molecule has 0 N–H and O–H groups in total. The third kappa shape index (κ3) is 3.63. The molecule has 0 saturated carbocycles. The normalized spacial score (nSPS) is 11.1. The molecule has 2 nitrogen and oxygen atoms in total. The Morgan fingerprint density at radius 2 is 2.00 bits per heavy atom. The predicted octanol–water partition coefficient (Wildman–Crippen LogP) is 2.98. The van der Waals surface area contributed by atoms with Crippen LogP contribution in [0.4, 0.5) is 0 Å². The fourth-order valence-electron chi connectivity index (χ4n) is 1.35. The lowest BCUT2D eigenvalue weighted by Crippen LogP contribution is -2.28. The number of carbonyl (C=O) groups is 1. The molecule has 0 amide bonds. The highest BCUT2D eigenvalue weighted by Gasteiger charge is 2.25. The summed E-state index contributed by atoms with van der Waals surface area (Å²) in [5.41, 5.74) is 0.626. The minimum Gasteiger partial charge on any atom is -0.376 e. The zero-order chi connectivity index (χ0) is 12.0. The number of hydrogen-bond donors (Lipinski definition) is 0. The minimum atomic E-state index is -0.490. The molecule has 86 valence electrons. The molecule has 1 aromatic rings. The molecule has 0 aromatic heterocycles. The summed E-state index contributed by atoms with van der Waals surface area (Å²) in [6.07, 6.45) is 1.35. The van der Waals surface area contributed by atoms with Gasteiger partial charge < -0.3 is 4.74 Å². The summed E-state index contributed by atoms with van der Waals surface area (Å²) in [5.74, 6) is 0.0144. The van der Waals surface area contributed by atoms with E-state index in [0.29, 0.717) is 13.2 Å². The summed E-state index contributed by atoms with van der Waals surface area (Å²) < 4.78 is 5.54. The van der Waals surface area contributed by atoms with Crippen LogP contribution in [0.25, 0.3) is 0 Å². The van der Waals surface area contributed by atoms with Crippen molar-refractivity contribution in [2.75, 3.05) is 6.61 Å². The first-order valence-corrected chi connectivity index (χ1v) is 5.35. The smallest absolute Gasteiger partial charge is 0.162 e. The maximum atomic E-state index is 11.5. The van der Waals surface area contributed by atoms with Gasteiger partial charge in [0.25, 0.3) is 0 Å². The topological polar surface area (TPSA) is 26.3 Å². The van der Waals surface area contributed by atoms with Crippen molar-refractivity contribution in [1.29, 1.82) is 0 Å². The van der Waals surface area contributed by atoms with E-state index in [-0.39, 0.29) is 5.78 Å². The van der Waals surface area contributed by atoms with Crippen LogP contribution in [0, 0.1) is 5.41 Å². The molecule has 2 heteroatoms. The van der Waals surface area contributed by atoms with E-state index in [0.717, 1.165) is 5.56 Å². The molecule has 1 aromatic carbocycles. The summed E-state index contributed by atoms with van der Waals surface area (Å²) in [5, 5.41) is 0. The minimum absolute atomic E-state index is 0.0144. The molecule has 0 spiro atoms. The second-order valence-corrected chi connectivity index (χ2v) is 4.43. The average Bonchev–Trinajstić information content (AvgIpc) is 2.29. The Labute approximate surface area is 96.9 Å². The second kappa shape index (κ2) is 5.61. The molecule has 16 heavy (non-hydrogen) atoms. The van der Waals surface area contributed by atoms with Gasteiger partial charge in [-0.05, 0) is 11.6 Å². The fourth-order valence-corrected chi connectivity index (χ4v) is 1.35. The van der Waals surface area contributed by atoms with Crippen molar-refractivity contribution in [1.82, 2.24) is 0 Å². The molecule has 0 radical (unpaired) electrons. The van der Waals surface area contributed by atoms with Crippen molar-refractivity contribution in [2.45, 2.75) is 20.5 Å². The molecule has 0 unspecified atom stereocenters. The van der Waals surface area contributed by atoms with Gasteiger partial charge in [0.15, 0.2) is 5.78 Å².